The predicted molar refractivity (Wildman–Crippen MR) is 128 cm³/mol. The Morgan fingerprint density at radius 1 is 0.938 bits per heavy atom. The van der Waals surface area contributed by atoms with Gasteiger partial charge < -0.3 is 10.2 Å². The summed E-state index contributed by atoms with van der Waals surface area (Å²) in [7, 11) is 0. The Balaban J connectivity index is 1.43. The fourth-order valence-electron chi connectivity index (χ4n) is 4.72. The van der Waals surface area contributed by atoms with Gasteiger partial charge in [-0.3, -0.25) is 9.78 Å². The highest BCUT2D eigenvalue weighted by Gasteiger charge is 2.30. The van der Waals surface area contributed by atoms with Gasteiger partial charge in [-0.15, -0.1) is 0 Å². The molecule has 1 aliphatic carbocycles. The van der Waals surface area contributed by atoms with Gasteiger partial charge in [0.15, 0.2) is 0 Å². The molecule has 5 nitrogen and oxygen atoms in total. The smallest absolute Gasteiger partial charge is 0.227 e. The number of amides is 1. The maximum Gasteiger partial charge on any atom is 0.227 e. The molecule has 0 bridgehead atoms. The normalized spacial score (nSPS) is 15.1. The van der Waals surface area contributed by atoms with E-state index in [4.69, 9.17) is 0 Å². The molecule has 0 saturated heterocycles. The predicted octanol–water partition coefficient (Wildman–Crippen LogP) is 4.96. The quantitative estimate of drug-likeness (QED) is 0.523. The van der Waals surface area contributed by atoms with E-state index < -0.39 is 0 Å². The third-order valence-corrected chi connectivity index (χ3v) is 6.34. The Morgan fingerprint density at radius 2 is 1.69 bits per heavy atom. The number of anilines is 1. The zero-order valence-corrected chi connectivity index (χ0v) is 18.6. The van der Waals surface area contributed by atoms with Crippen LogP contribution in [-0.4, -0.2) is 29.0 Å². The summed E-state index contributed by atoms with van der Waals surface area (Å²) in [5.74, 6) is 1.35. The minimum Gasteiger partial charge on any atom is -0.354 e. The summed E-state index contributed by atoms with van der Waals surface area (Å²) in [6.07, 6.45) is 11.3. The van der Waals surface area contributed by atoms with E-state index in [1.165, 1.54) is 24.8 Å². The second kappa shape index (κ2) is 11.4. The van der Waals surface area contributed by atoms with Crippen molar-refractivity contribution >= 4 is 11.7 Å². The molecule has 1 atom stereocenters. The minimum atomic E-state index is -0.101. The van der Waals surface area contributed by atoms with Crippen molar-refractivity contribution in [3.63, 3.8) is 0 Å². The van der Waals surface area contributed by atoms with Crippen molar-refractivity contribution in [3.05, 3.63) is 90.4 Å². The highest BCUT2D eigenvalue weighted by Crippen LogP contribution is 2.36. The van der Waals surface area contributed by atoms with Crippen LogP contribution in [0.3, 0.4) is 0 Å². The molecule has 0 aliphatic heterocycles. The van der Waals surface area contributed by atoms with Gasteiger partial charge >= 0.3 is 0 Å². The van der Waals surface area contributed by atoms with Crippen LogP contribution in [0.4, 0.5) is 5.82 Å². The van der Waals surface area contributed by atoms with Crippen molar-refractivity contribution in [1.82, 2.24) is 15.3 Å². The summed E-state index contributed by atoms with van der Waals surface area (Å²) < 4.78 is 0. The van der Waals surface area contributed by atoms with Crippen LogP contribution in [-0.2, 0) is 11.3 Å². The lowest BCUT2D eigenvalue weighted by molar-refractivity contribution is -0.124. The van der Waals surface area contributed by atoms with Gasteiger partial charge in [0.05, 0.1) is 5.92 Å². The van der Waals surface area contributed by atoms with Crippen LogP contribution in [0.5, 0.6) is 0 Å². The van der Waals surface area contributed by atoms with Crippen molar-refractivity contribution in [2.24, 2.45) is 5.92 Å². The first-order chi connectivity index (χ1) is 15.8. The van der Waals surface area contributed by atoms with Gasteiger partial charge in [0.25, 0.3) is 0 Å². The van der Waals surface area contributed by atoms with Gasteiger partial charge in [-0.2, -0.15) is 0 Å². The lowest BCUT2D eigenvalue weighted by atomic mass is 9.76. The molecule has 1 aromatic carbocycles. The SMILES string of the molecule is O=C(NCCN(Cc1ccccc1)c1ccccn1)C(c1ccncc1)C1CCCCC1. The van der Waals surface area contributed by atoms with Crippen molar-refractivity contribution in [2.45, 2.75) is 44.6 Å². The van der Waals surface area contributed by atoms with Gasteiger partial charge in [-0.25, -0.2) is 4.98 Å². The number of aromatic nitrogens is 2. The summed E-state index contributed by atoms with van der Waals surface area (Å²) in [4.78, 5) is 24.3. The number of nitrogens with one attached hydrogen (secondary N) is 1. The Bertz CT molecular complexity index is 943. The average molecular weight is 429 g/mol. The number of hydrogen-bond acceptors (Lipinski definition) is 4. The number of rotatable bonds is 9. The Morgan fingerprint density at radius 3 is 2.41 bits per heavy atom. The molecular weight excluding hydrogens is 396 g/mol. The lowest BCUT2D eigenvalue weighted by Gasteiger charge is -2.30. The van der Waals surface area contributed by atoms with Crippen molar-refractivity contribution in [3.8, 4) is 0 Å². The molecule has 5 heteroatoms. The molecule has 2 aromatic heterocycles. The Kier molecular flexibility index (Phi) is 7.85. The molecule has 1 N–H and O–H groups in total. The third-order valence-electron chi connectivity index (χ3n) is 6.34. The summed E-state index contributed by atoms with van der Waals surface area (Å²) in [5, 5.41) is 3.24. The maximum absolute atomic E-state index is 13.4. The molecule has 0 spiro atoms. The molecule has 4 rings (SSSR count). The highest BCUT2D eigenvalue weighted by atomic mass is 16.1. The van der Waals surface area contributed by atoms with E-state index >= 15 is 0 Å². The van der Waals surface area contributed by atoms with Crippen LogP contribution in [0.1, 0.15) is 49.1 Å². The second-order valence-corrected chi connectivity index (χ2v) is 8.54. The van der Waals surface area contributed by atoms with E-state index in [0.717, 1.165) is 30.8 Å². The summed E-state index contributed by atoms with van der Waals surface area (Å²) in [5.41, 5.74) is 2.30. The van der Waals surface area contributed by atoms with Crippen molar-refractivity contribution in [2.75, 3.05) is 18.0 Å². The van der Waals surface area contributed by atoms with E-state index in [9.17, 15) is 4.79 Å². The van der Waals surface area contributed by atoms with Crippen molar-refractivity contribution < 1.29 is 4.79 Å². The monoisotopic (exact) mass is 428 g/mol. The molecule has 3 aromatic rings. The Hall–Kier alpha value is -3.21. The highest BCUT2D eigenvalue weighted by molar-refractivity contribution is 5.84. The molecule has 1 unspecified atom stereocenters. The first-order valence-corrected chi connectivity index (χ1v) is 11.7. The van der Waals surface area contributed by atoms with Crippen LogP contribution in [0.15, 0.2) is 79.3 Å². The molecule has 0 radical (unpaired) electrons. The van der Waals surface area contributed by atoms with E-state index in [1.54, 1.807) is 12.4 Å². The van der Waals surface area contributed by atoms with Gasteiger partial charge in [0.2, 0.25) is 5.91 Å². The van der Waals surface area contributed by atoms with E-state index in [0.29, 0.717) is 19.0 Å². The molecule has 1 aliphatic rings. The third kappa shape index (κ3) is 5.94. The fraction of sp³-hybridized carbons (Fsp3) is 0.370. The summed E-state index contributed by atoms with van der Waals surface area (Å²) >= 11 is 0. The maximum atomic E-state index is 13.4. The van der Waals surface area contributed by atoms with Crippen LogP contribution in [0.2, 0.25) is 0 Å². The van der Waals surface area contributed by atoms with Crippen LogP contribution in [0, 0.1) is 5.92 Å². The zero-order valence-electron chi connectivity index (χ0n) is 18.6. The number of nitrogens with zero attached hydrogens (tertiary/aromatic N) is 3. The number of carbonyl (C=O) groups excluding carboxylic acids is 1. The largest absolute Gasteiger partial charge is 0.354 e. The number of carbonyl (C=O) groups is 1. The zero-order chi connectivity index (χ0) is 22.0. The van der Waals surface area contributed by atoms with Crippen molar-refractivity contribution in [1.29, 1.82) is 0 Å². The van der Waals surface area contributed by atoms with E-state index in [2.05, 4.69) is 44.5 Å². The molecule has 32 heavy (non-hydrogen) atoms. The topological polar surface area (TPSA) is 58.1 Å². The standard InChI is InChI=1S/C27H32N4O/c32-27(26(23-11-5-2-6-12-23)24-14-17-28-18-15-24)30-19-20-31(25-13-7-8-16-29-25)21-22-9-3-1-4-10-22/h1,3-4,7-10,13-18,23,26H,2,5-6,11-12,19-21H2,(H,30,32). The molecule has 1 fully saturated rings. The van der Waals surface area contributed by atoms with E-state index in [-0.39, 0.29) is 11.8 Å². The van der Waals surface area contributed by atoms with Gasteiger partial charge in [-0.05, 0) is 54.2 Å². The summed E-state index contributed by atoms with van der Waals surface area (Å²) in [6, 6.07) is 20.3. The molecule has 2 heterocycles. The molecule has 166 valence electrons. The number of hydrogen-bond donors (Lipinski definition) is 1. The van der Waals surface area contributed by atoms with Gasteiger partial charge in [0, 0.05) is 38.2 Å². The first kappa shape index (κ1) is 22.0. The van der Waals surface area contributed by atoms with E-state index in [1.807, 2.05) is 42.6 Å². The Labute approximate surface area is 190 Å². The number of pyridine rings is 2. The average Bonchev–Trinajstić information content (AvgIpc) is 2.86. The number of benzene rings is 1. The molecule has 1 amide bonds. The lowest BCUT2D eigenvalue weighted by Crippen LogP contribution is -2.39. The molecule has 1 saturated carbocycles. The van der Waals surface area contributed by atoms with Gasteiger partial charge in [-0.1, -0.05) is 55.7 Å². The van der Waals surface area contributed by atoms with Crippen LogP contribution in [0.25, 0.3) is 0 Å². The molecular formula is C27H32N4O. The second-order valence-electron chi connectivity index (χ2n) is 8.54. The summed E-state index contributed by atoms with van der Waals surface area (Å²) in [6.45, 7) is 2.03. The van der Waals surface area contributed by atoms with Crippen LogP contribution < -0.4 is 10.2 Å². The van der Waals surface area contributed by atoms with Crippen LogP contribution >= 0.6 is 0 Å². The fourth-order valence-corrected chi connectivity index (χ4v) is 4.72. The van der Waals surface area contributed by atoms with Gasteiger partial charge in [0.1, 0.15) is 5.82 Å². The first-order valence-electron chi connectivity index (χ1n) is 11.7. The minimum absolute atomic E-state index is 0.101.